The van der Waals surface area contributed by atoms with Crippen LogP contribution in [0.1, 0.15) is 16.7 Å². The highest BCUT2D eigenvalue weighted by Crippen LogP contribution is 2.29. The van der Waals surface area contributed by atoms with Crippen molar-refractivity contribution in [1.29, 1.82) is 0 Å². The summed E-state index contributed by atoms with van der Waals surface area (Å²) >= 11 is 0. The Hall–Kier alpha value is -2.54. The van der Waals surface area contributed by atoms with Crippen LogP contribution in [0.25, 0.3) is 0 Å². The van der Waals surface area contributed by atoms with E-state index in [0.29, 0.717) is 26.4 Å². The molecular weight excluding hydrogens is 404 g/mol. The van der Waals surface area contributed by atoms with Crippen molar-refractivity contribution in [3.05, 3.63) is 108 Å². The predicted octanol–water partition coefficient (Wildman–Crippen LogP) is 4.13. The van der Waals surface area contributed by atoms with Crippen molar-refractivity contribution in [3.8, 4) is 0 Å². The molecule has 5 nitrogen and oxygen atoms in total. The molecule has 4 rings (SSSR count). The van der Waals surface area contributed by atoms with Crippen LogP contribution in [-0.4, -0.2) is 42.7 Å². The van der Waals surface area contributed by atoms with Crippen molar-refractivity contribution in [2.75, 3.05) is 13.2 Å². The third-order valence-electron chi connectivity index (χ3n) is 5.55. The summed E-state index contributed by atoms with van der Waals surface area (Å²) in [6.45, 7) is 1.57. The van der Waals surface area contributed by atoms with Gasteiger partial charge in [0.15, 0.2) is 0 Å². The Labute approximate surface area is 189 Å². The van der Waals surface area contributed by atoms with Crippen LogP contribution in [-0.2, 0) is 38.8 Å². The molecule has 0 unspecified atom stereocenters. The first-order valence-corrected chi connectivity index (χ1v) is 11.0. The lowest BCUT2D eigenvalue weighted by atomic mass is 10.1. The molecule has 32 heavy (non-hydrogen) atoms. The number of rotatable bonds is 11. The van der Waals surface area contributed by atoms with Gasteiger partial charge in [-0.2, -0.15) is 0 Å². The number of aliphatic hydroxyl groups excluding tert-OH is 1. The van der Waals surface area contributed by atoms with Gasteiger partial charge < -0.3 is 24.1 Å². The van der Waals surface area contributed by atoms with E-state index in [2.05, 4.69) is 0 Å². The van der Waals surface area contributed by atoms with Gasteiger partial charge in [-0.1, -0.05) is 91.0 Å². The molecule has 4 atom stereocenters. The van der Waals surface area contributed by atoms with Crippen LogP contribution in [0.4, 0.5) is 0 Å². The van der Waals surface area contributed by atoms with Gasteiger partial charge in [0.2, 0.25) is 0 Å². The lowest BCUT2D eigenvalue weighted by Crippen LogP contribution is -2.39. The van der Waals surface area contributed by atoms with Gasteiger partial charge in [-0.25, -0.2) is 0 Å². The normalized spacial score (nSPS) is 22.8. The number of benzene rings is 3. The van der Waals surface area contributed by atoms with Crippen LogP contribution in [0.2, 0.25) is 0 Å². The molecule has 1 aliphatic rings. The molecule has 0 saturated carbocycles. The van der Waals surface area contributed by atoms with E-state index in [1.807, 2.05) is 91.0 Å². The molecule has 0 spiro atoms. The lowest BCUT2D eigenvalue weighted by Gasteiger charge is -2.25. The Bertz CT molecular complexity index is 903. The Morgan fingerprint density at radius 1 is 0.594 bits per heavy atom. The van der Waals surface area contributed by atoms with Gasteiger partial charge in [-0.3, -0.25) is 0 Å². The third-order valence-corrected chi connectivity index (χ3v) is 5.55. The van der Waals surface area contributed by atoms with Gasteiger partial charge in [0.25, 0.3) is 0 Å². The van der Waals surface area contributed by atoms with Crippen molar-refractivity contribution in [2.45, 2.75) is 44.2 Å². The summed E-state index contributed by atoms with van der Waals surface area (Å²) in [5, 5.41) is 9.96. The zero-order chi connectivity index (χ0) is 22.0. The van der Waals surface area contributed by atoms with Crippen molar-refractivity contribution in [1.82, 2.24) is 0 Å². The van der Waals surface area contributed by atoms with Crippen LogP contribution in [0.5, 0.6) is 0 Å². The first-order chi connectivity index (χ1) is 15.8. The highest BCUT2D eigenvalue weighted by atomic mass is 16.6. The molecule has 3 aromatic rings. The van der Waals surface area contributed by atoms with E-state index in [1.54, 1.807) is 0 Å². The summed E-state index contributed by atoms with van der Waals surface area (Å²) in [5.41, 5.74) is 3.24. The molecule has 5 heteroatoms. The van der Waals surface area contributed by atoms with Crippen LogP contribution >= 0.6 is 0 Å². The molecule has 0 amide bonds. The van der Waals surface area contributed by atoms with E-state index in [-0.39, 0.29) is 18.8 Å². The van der Waals surface area contributed by atoms with Gasteiger partial charge in [-0.15, -0.1) is 0 Å². The third kappa shape index (κ3) is 6.25. The van der Waals surface area contributed by atoms with Crippen LogP contribution < -0.4 is 0 Å². The lowest BCUT2D eigenvalue weighted by molar-refractivity contribution is -0.0901. The largest absolute Gasteiger partial charge is 0.394 e. The Kier molecular flexibility index (Phi) is 8.42. The minimum atomic E-state index is -0.468. The number of hydrogen-bond donors (Lipinski definition) is 1. The average Bonchev–Trinajstić information content (AvgIpc) is 3.19. The molecule has 1 saturated heterocycles. The van der Waals surface area contributed by atoms with Gasteiger partial charge in [-0.05, 0) is 16.7 Å². The number of ether oxygens (including phenoxy) is 4. The van der Waals surface area contributed by atoms with E-state index in [9.17, 15) is 5.11 Å². The van der Waals surface area contributed by atoms with E-state index in [0.717, 1.165) is 16.7 Å². The van der Waals surface area contributed by atoms with Crippen LogP contribution in [0.15, 0.2) is 91.0 Å². The monoisotopic (exact) mass is 434 g/mol. The summed E-state index contributed by atoms with van der Waals surface area (Å²) in [7, 11) is 0. The molecule has 1 fully saturated rings. The van der Waals surface area contributed by atoms with Crippen LogP contribution in [0.3, 0.4) is 0 Å². The van der Waals surface area contributed by atoms with Crippen molar-refractivity contribution >= 4 is 0 Å². The van der Waals surface area contributed by atoms with Gasteiger partial charge in [0.1, 0.15) is 24.4 Å². The summed E-state index contributed by atoms with van der Waals surface area (Å²) in [5.74, 6) is 0. The minimum Gasteiger partial charge on any atom is -0.394 e. The molecule has 1 aliphatic heterocycles. The Morgan fingerprint density at radius 3 is 1.50 bits per heavy atom. The van der Waals surface area contributed by atoms with Crippen molar-refractivity contribution in [3.63, 3.8) is 0 Å². The number of aliphatic hydroxyl groups is 1. The second-order valence-electron chi connectivity index (χ2n) is 7.92. The minimum absolute atomic E-state index is 0.139. The van der Waals surface area contributed by atoms with E-state index in [4.69, 9.17) is 18.9 Å². The molecule has 3 aromatic carbocycles. The first kappa shape index (κ1) is 22.6. The fourth-order valence-corrected chi connectivity index (χ4v) is 3.89. The molecular formula is C27H30O5. The summed E-state index contributed by atoms with van der Waals surface area (Å²) in [4.78, 5) is 0. The summed E-state index contributed by atoms with van der Waals surface area (Å²) in [6, 6.07) is 30.0. The Morgan fingerprint density at radius 2 is 1.03 bits per heavy atom. The molecule has 0 aromatic heterocycles. The van der Waals surface area contributed by atoms with E-state index in [1.165, 1.54) is 0 Å². The maximum Gasteiger partial charge on any atom is 0.115 e. The predicted molar refractivity (Wildman–Crippen MR) is 122 cm³/mol. The maximum absolute atomic E-state index is 9.96. The van der Waals surface area contributed by atoms with Gasteiger partial charge in [0.05, 0.1) is 33.0 Å². The smallest absolute Gasteiger partial charge is 0.115 e. The average molecular weight is 435 g/mol. The fraction of sp³-hybridized carbons (Fsp3) is 0.333. The molecule has 0 aliphatic carbocycles. The second-order valence-corrected chi connectivity index (χ2v) is 7.92. The first-order valence-electron chi connectivity index (χ1n) is 11.0. The topological polar surface area (TPSA) is 57.2 Å². The summed E-state index contributed by atoms with van der Waals surface area (Å²) in [6.07, 6.45) is -1.55. The summed E-state index contributed by atoms with van der Waals surface area (Å²) < 4.78 is 24.6. The molecule has 0 radical (unpaired) electrons. The zero-order valence-corrected chi connectivity index (χ0v) is 18.1. The van der Waals surface area contributed by atoms with Crippen molar-refractivity contribution in [2.24, 2.45) is 0 Å². The van der Waals surface area contributed by atoms with E-state index >= 15 is 0 Å². The standard InChI is InChI=1S/C27H30O5/c28-16-24-26(30-18-22-12-6-2-7-13-22)27(31-19-23-14-8-3-9-15-23)25(32-24)20-29-17-21-10-4-1-5-11-21/h1-15,24-28H,16-20H2/t24-,25+,26-,27+/m0/s1. The maximum atomic E-state index is 9.96. The number of hydrogen-bond acceptors (Lipinski definition) is 5. The zero-order valence-electron chi connectivity index (χ0n) is 18.1. The Balaban J connectivity index is 1.42. The molecule has 1 heterocycles. The second kappa shape index (κ2) is 11.9. The van der Waals surface area contributed by atoms with E-state index < -0.39 is 12.2 Å². The molecule has 0 bridgehead atoms. The van der Waals surface area contributed by atoms with Gasteiger partial charge >= 0.3 is 0 Å². The van der Waals surface area contributed by atoms with Gasteiger partial charge in [0, 0.05) is 0 Å². The highest BCUT2D eigenvalue weighted by molar-refractivity contribution is 5.15. The quantitative estimate of drug-likeness (QED) is 0.492. The van der Waals surface area contributed by atoms with Crippen molar-refractivity contribution < 1.29 is 24.1 Å². The fourth-order valence-electron chi connectivity index (χ4n) is 3.89. The molecule has 168 valence electrons. The SMILES string of the molecule is OC[C@@H]1O[C@H](COCc2ccccc2)[C@@H](OCc2ccccc2)[C@H]1OCc1ccccc1. The highest BCUT2D eigenvalue weighted by Gasteiger charge is 2.46. The molecule has 1 N–H and O–H groups in total. The van der Waals surface area contributed by atoms with Crippen LogP contribution in [0, 0.1) is 0 Å².